The zero-order valence-corrected chi connectivity index (χ0v) is 24.1. The van der Waals surface area contributed by atoms with E-state index in [4.69, 9.17) is 4.74 Å². The van der Waals surface area contributed by atoms with Crippen LogP contribution in [-0.4, -0.2) is 53.0 Å². The second kappa shape index (κ2) is 13.9. The maximum Gasteiger partial charge on any atom is 0.408 e. The number of carbonyl (C=O) groups is 3. The highest BCUT2D eigenvalue weighted by atomic mass is 32.2. The lowest BCUT2D eigenvalue weighted by Crippen LogP contribution is -2.52. The summed E-state index contributed by atoms with van der Waals surface area (Å²) in [7, 11) is 0. The number of thioether (sulfide) groups is 1. The van der Waals surface area contributed by atoms with E-state index < -0.39 is 35.6 Å². The van der Waals surface area contributed by atoms with Crippen molar-refractivity contribution in [2.75, 3.05) is 23.9 Å². The molecule has 2 unspecified atom stereocenters. The molecule has 38 heavy (non-hydrogen) atoms. The van der Waals surface area contributed by atoms with Gasteiger partial charge in [-0.05, 0) is 77.2 Å². The van der Waals surface area contributed by atoms with Crippen LogP contribution in [0.1, 0.15) is 55.5 Å². The van der Waals surface area contributed by atoms with Gasteiger partial charge in [-0.2, -0.15) is 17.0 Å². The Labute approximate surface area is 230 Å². The minimum absolute atomic E-state index is 0.306. The predicted octanol–water partition coefficient (Wildman–Crippen LogP) is 5.29. The Hall–Kier alpha value is -3.51. The molecule has 0 bridgehead atoms. The van der Waals surface area contributed by atoms with E-state index in [-0.39, 0.29) is 6.54 Å². The summed E-state index contributed by atoms with van der Waals surface area (Å²) >= 11 is 1.52. The Balaban J connectivity index is 2.54. The van der Waals surface area contributed by atoms with Gasteiger partial charge < -0.3 is 20.3 Å². The number of nitriles is 1. The molecule has 0 aliphatic rings. The number of hydrogen-bond donors (Lipinski definition) is 2. The number of rotatable bonds is 10. The Kier molecular flexibility index (Phi) is 11.2. The molecule has 0 saturated carbocycles. The minimum atomic E-state index is -1.10. The van der Waals surface area contributed by atoms with Gasteiger partial charge in [-0.15, -0.1) is 0 Å². The zero-order valence-electron chi connectivity index (χ0n) is 23.3. The number of benzene rings is 2. The fraction of sp³-hybridized carbons (Fsp3) is 0.448. The molecule has 8 nitrogen and oxygen atoms in total. The number of carbonyl (C=O) groups excluding carboxylic acids is 3. The average Bonchev–Trinajstić information content (AvgIpc) is 2.80. The molecule has 0 heterocycles. The van der Waals surface area contributed by atoms with Crippen LogP contribution in [0.5, 0.6) is 0 Å². The largest absolute Gasteiger partial charge is 0.444 e. The quantitative estimate of drug-likeness (QED) is 0.398. The Morgan fingerprint density at radius 1 is 1.08 bits per heavy atom. The van der Waals surface area contributed by atoms with Crippen molar-refractivity contribution in [1.29, 1.82) is 5.26 Å². The van der Waals surface area contributed by atoms with Gasteiger partial charge in [0.05, 0.1) is 6.07 Å². The normalized spacial score (nSPS) is 12.6. The van der Waals surface area contributed by atoms with E-state index in [0.29, 0.717) is 23.4 Å². The van der Waals surface area contributed by atoms with E-state index in [2.05, 4.69) is 10.6 Å². The third kappa shape index (κ3) is 9.10. The van der Waals surface area contributed by atoms with Crippen LogP contribution in [-0.2, 0) is 14.3 Å². The smallest absolute Gasteiger partial charge is 0.408 e. The summed E-state index contributed by atoms with van der Waals surface area (Å²) in [5.41, 5.74) is 3.15. The third-order valence-electron chi connectivity index (χ3n) is 5.65. The van der Waals surface area contributed by atoms with Crippen molar-refractivity contribution in [3.8, 4) is 6.07 Å². The number of alkyl carbamates (subject to hydrolysis) is 1. The molecule has 0 fully saturated rings. The lowest BCUT2D eigenvalue weighted by atomic mass is 9.98. The summed E-state index contributed by atoms with van der Waals surface area (Å²) in [5, 5.41) is 15.3. The Morgan fingerprint density at radius 2 is 1.71 bits per heavy atom. The molecular formula is C29H38N4O4S. The first-order valence-corrected chi connectivity index (χ1v) is 13.9. The average molecular weight is 539 g/mol. The van der Waals surface area contributed by atoms with Crippen molar-refractivity contribution < 1.29 is 19.1 Å². The van der Waals surface area contributed by atoms with Crippen LogP contribution in [0.15, 0.2) is 42.5 Å². The van der Waals surface area contributed by atoms with Gasteiger partial charge in [-0.3, -0.25) is 9.59 Å². The van der Waals surface area contributed by atoms with Crippen LogP contribution in [0, 0.1) is 32.1 Å². The van der Waals surface area contributed by atoms with E-state index in [9.17, 15) is 19.6 Å². The Morgan fingerprint density at radius 3 is 2.26 bits per heavy atom. The van der Waals surface area contributed by atoms with Gasteiger partial charge in [-0.25, -0.2) is 4.79 Å². The van der Waals surface area contributed by atoms with Crippen molar-refractivity contribution in [1.82, 2.24) is 10.2 Å². The number of anilines is 1. The standard InChI is InChI=1S/C29H38N4O4S/c1-19-16-20(2)18-22(17-19)25(26(34)31-23-11-9-8-10-21(23)3)33(14-13-30)27(35)24(12-15-38-7)32-28(36)37-29(4,5)6/h8-11,16-18,24-25H,12,14-15H2,1-7H3,(H,31,34)(H,32,36). The van der Waals surface area contributed by atoms with E-state index in [1.807, 2.05) is 69.5 Å². The lowest BCUT2D eigenvalue weighted by Gasteiger charge is -2.33. The summed E-state index contributed by atoms with van der Waals surface area (Å²) in [6.07, 6.45) is 1.47. The SMILES string of the molecule is CSCCC(NC(=O)OC(C)(C)C)C(=O)N(CC#N)C(C(=O)Nc1ccccc1C)c1cc(C)cc(C)c1. The summed E-state index contributed by atoms with van der Waals surface area (Å²) in [6.45, 7) is 10.6. The van der Waals surface area contributed by atoms with Crippen LogP contribution in [0.2, 0.25) is 0 Å². The maximum atomic E-state index is 14.0. The summed E-state index contributed by atoms with van der Waals surface area (Å²) in [4.78, 5) is 41.6. The third-order valence-corrected chi connectivity index (χ3v) is 6.29. The highest BCUT2D eigenvalue weighted by Gasteiger charge is 2.36. The molecule has 9 heteroatoms. The number of hydrogen-bond acceptors (Lipinski definition) is 6. The van der Waals surface area contributed by atoms with Gasteiger partial charge in [0.1, 0.15) is 24.2 Å². The molecule has 2 aromatic rings. The maximum absolute atomic E-state index is 14.0. The highest BCUT2D eigenvalue weighted by Crippen LogP contribution is 2.27. The second-order valence-electron chi connectivity index (χ2n) is 10.2. The number of nitrogens with zero attached hydrogens (tertiary/aromatic N) is 2. The van der Waals surface area contributed by atoms with Crippen LogP contribution in [0.3, 0.4) is 0 Å². The van der Waals surface area contributed by atoms with E-state index in [0.717, 1.165) is 16.7 Å². The molecule has 0 spiro atoms. The fourth-order valence-electron chi connectivity index (χ4n) is 4.07. The number of amides is 3. The molecule has 0 aromatic heterocycles. The van der Waals surface area contributed by atoms with E-state index in [1.165, 1.54) is 16.7 Å². The van der Waals surface area contributed by atoms with Crippen LogP contribution in [0.4, 0.5) is 10.5 Å². The minimum Gasteiger partial charge on any atom is -0.444 e. The van der Waals surface area contributed by atoms with Gasteiger partial charge >= 0.3 is 6.09 Å². The lowest BCUT2D eigenvalue weighted by molar-refractivity contribution is -0.140. The van der Waals surface area contributed by atoms with Gasteiger partial charge in [-0.1, -0.05) is 47.5 Å². The van der Waals surface area contributed by atoms with Crippen LogP contribution < -0.4 is 10.6 Å². The van der Waals surface area contributed by atoms with Crippen molar-refractivity contribution in [2.24, 2.45) is 0 Å². The summed E-state index contributed by atoms with van der Waals surface area (Å²) < 4.78 is 5.38. The topological polar surface area (TPSA) is 112 Å². The van der Waals surface area contributed by atoms with Crippen molar-refractivity contribution in [3.05, 3.63) is 64.7 Å². The molecular weight excluding hydrogens is 500 g/mol. The molecule has 2 rings (SSSR count). The first-order chi connectivity index (χ1) is 17.9. The van der Waals surface area contributed by atoms with E-state index in [1.54, 1.807) is 26.8 Å². The number of aryl methyl sites for hydroxylation is 3. The molecule has 2 aromatic carbocycles. The van der Waals surface area contributed by atoms with Crippen LogP contribution >= 0.6 is 11.8 Å². The summed E-state index contributed by atoms with van der Waals surface area (Å²) in [5.74, 6) is -0.403. The predicted molar refractivity (Wildman–Crippen MR) is 152 cm³/mol. The first-order valence-electron chi connectivity index (χ1n) is 12.5. The molecule has 2 atom stereocenters. The molecule has 0 radical (unpaired) electrons. The highest BCUT2D eigenvalue weighted by molar-refractivity contribution is 7.98. The fourth-order valence-corrected chi connectivity index (χ4v) is 4.54. The van der Waals surface area contributed by atoms with Crippen LogP contribution in [0.25, 0.3) is 0 Å². The van der Waals surface area contributed by atoms with Gasteiger partial charge in [0.15, 0.2) is 0 Å². The number of ether oxygens (including phenoxy) is 1. The van der Waals surface area contributed by atoms with Crippen molar-refractivity contribution in [3.63, 3.8) is 0 Å². The van der Waals surface area contributed by atoms with Gasteiger partial charge in [0.2, 0.25) is 5.91 Å². The summed E-state index contributed by atoms with van der Waals surface area (Å²) in [6, 6.07) is 13.0. The Bertz CT molecular complexity index is 1170. The first kappa shape index (κ1) is 30.7. The van der Waals surface area contributed by atoms with Gasteiger partial charge in [0, 0.05) is 5.69 Å². The van der Waals surface area contributed by atoms with Crippen molar-refractivity contribution >= 4 is 35.4 Å². The molecule has 0 saturated heterocycles. The number of nitrogens with one attached hydrogen (secondary N) is 2. The molecule has 0 aliphatic heterocycles. The van der Waals surface area contributed by atoms with Crippen molar-refractivity contribution in [2.45, 2.75) is 65.6 Å². The van der Waals surface area contributed by atoms with Gasteiger partial charge in [0.25, 0.3) is 5.91 Å². The molecule has 204 valence electrons. The molecule has 2 N–H and O–H groups in total. The number of para-hydroxylation sites is 1. The molecule has 3 amide bonds. The van der Waals surface area contributed by atoms with E-state index >= 15 is 0 Å². The second-order valence-corrected chi connectivity index (χ2v) is 11.2. The zero-order chi connectivity index (χ0) is 28.5. The monoisotopic (exact) mass is 538 g/mol. The molecule has 0 aliphatic carbocycles.